The zero-order chi connectivity index (χ0) is 14.2. The van der Waals surface area contributed by atoms with Gasteiger partial charge in [-0.3, -0.25) is 0 Å². The first-order chi connectivity index (χ1) is 9.57. The fourth-order valence-corrected chi connectivity index (χ4v) is 5.55. The quantitative estimate of drug-likeness (QED) is 0.643. The van der Waals surface area contributed by atoms with Crippen LogP contribution in [0.2, 0.25) is 19.6 Å². The molecule has 1 heteroatoms. The van der Waals surface area contributed by atoms with Crippen LogP contribution in [0.5, 0.6) is 0 Å². The van der Waals surface area contributed by atoms with Crippen LogP contribution in [-0.4, -0.2) is 8.07 Å². The summed E-state index contributed by atoms with van der Waals surface area (Å²) in [6.45, 7) is 7.38. The average molecular weight is 278 g/mol. The summed E-state index contributed by atoms with van der Waals surface area (Å²) in [5, 5.41) is 1.64. The van der Waals surface area contributed by atoms with E-state index in [-0.39, 0.29) is 0 Å². The van der Waals surface area contributed by atoms with Crippen LogP contribution in [0.25, 0.3) is 10.8 Å². The van der Waals surface area contributed by atoms with Gasteiger partial charge in [0, 0.05) is 0 Å². The first kappa shape index (κ1) is 13.4. The van der Waals surface area contributed by atoms with E-state index in [0.29, 0.717) is 0 Å². The van der Waals surface area contributed by atoms with Crippen LogP contribution < -0.4 is 0 Å². The summed E-state index contributed by atoms with van der Waals surface area (Å²) in [5.41, 5.74) is 6.05. The molecule has 0 heterocycles. The minimum atomic E-state index is -1.38. The van der Waals surface area contributed by atoms with Gasteiger partial charge in [0.2, 0.25) is 0 Å². The van der Waals surface area contributed by atoms with E-state index in [1.54, 1.807) is 10.8 Å². The van der Waals surface area contributed by atoms with Crippen LogP contribution >= 0.6 is 0 Å². The molecule has 0 amide bonds. The predicted molar refractivity (Wildman–Crippen MR) is 91.4 cm³/mol. The third-order valence-electron chi connectivity index (χ3n) is 4.10. The molecule has 0 saturated heterocycles. The van der Waals surface area contributed by atoms with Crippen molar-refractivity contribution in [2.75, 3.05) is 0 Å². The number of fused-ring (bicyclic) bond motifs is 1. The lowest BCUT2D eigenvalue weighted by Gasteiger charge is -2.25. The van der Waals surface area contributed by atoms with Crippen molar-refractivity contribution in [3.8, 4) is 0 Å². The minimum Gasteiger partial charge on any atom is -0.0656 e. The molecule has 3 rings (SSSR count). The first-order valence-corrected chi connectivity index (χ1v) is 10.9. The van der Waals surface area contributed by atoms with Gasteiger partial charge in [0.05, 0.1) is 8.07 Å². The lowest BCUT2D eigenvalue weighted by molar-refractivity contribution is 1.08. The highest BCUT2D eigenvalue weighted by Crippen LogP contribution is 2.41. The summed E-state index contributed by atoms with van der Waals surface area (Å²) in [6, 6.07) is 19.9. The Kier molecular flexibility index (Phi) is 3.39. The number of benzene rings is 2. The fourth-order valence-electron chi connectivity index (χ4n) is 3.35. The van der Waals surface area contributed by atoms with Gasteiger partial charge in [-0.1, -0.05) is 74.2 Å². The molecular weight excluding hydrogens is 256 g/mol. The average Bonchev–Trinajstić information content (AvgIpc) is 2.83. The summed E-state index contributed by atoms with van der Waals surface area (Å²) < 4.78 is 0. The molecule has 2 aromatic carbocycles. The monoisotopic (exact) mass is 278 g/mol. The van der Waals surface area contributed by atoms with E-state index >= 15 is 0 Å². The molecule has 1 aliphatic carbocycles. The molecule has 0 radical (unpaired) electrons. The highest BCUT2D eigenvalue weighted by molar-refractivity contribution is 6.95. The maximum Gasteiger partial charge on any atom is 0.0787 e. The highest BCUT2D eigenvalue weighted by Gasteiger charge is 2.28. The fraction of sp³-hybridized carbons (Fsp3) is 0.263. The van der Waals surface area contributed by atoms with Crippen LogP contribution in [0.15, 0.2) is 54.6 Å². The van der Waals surface area contributed by atoms with E-state index in [9.17, 15) is 0 Å². The van der Waals surface area contributed by atoms with Gasteiger partial charge in [0.15, 0.2) is 0 Å². The second-order valence-corrected chi connectivity index (χ2v) is 11.6. The standard InChI is InChI=1S/C19H22Si/c1-20(2,3)19(16-10-5-4-6-11-16)18-14-13-15-9-7-8-12-17(15)18/h4-12H,13-14H2,1-3H3/b19-18+. The molecule has 0 saturated carbocycles. The molecule has 0 nitrogen and oxygen atoms in total. The Hall–Kier alpha value is -1.60. The Labute approximate surface area is 123 Å². The molecule has 20 heavy (non-hydrogen) atoms. The molecule has 0 bridgehead atoms. The van der Waals surface area contributed by atoms with E-state index < -0.39 is 8.07 Å². The molecule has 2 aromatic rings. The molecule has 0 aliphatic heterocycles. The molecule has 1 aliphatic rings. The largest absolute Gasteiger partial charge is 0.0787 e. The van der Waals surface area contributed by atoms with Crippen molar-refractivity contribution >= 4 is 18.8 Å². The van der Waals surface area contributed by atoms with Crippen molar-refractivity contribution < 1.29 is 0 Å². The van der Waals surface area contributed by atoms with Gasteiger partial charge in [0.1, 0.15) is 0 Å². The maximum absolute atomic E-state index is 2.46. The Bertz CT molecular complexity index is 645. The summed E-state index contributed by atoms with van der Waals surface area (Å²) in [7, 11) is -1.38. The Balaban J connectivity index is 2.24. The minimum absolute atomic E-state index is 1.20. The summed E-state index contributed by atoms with van der Waals surface area (Å²) in [4.78, 5) is 0. The molecule has 0 fully saturated rings. The van der Waals surface area contributed by atoms with Crippen LogP contribution in [0.4, 0.5) is 0 Å². The highest BCUT2D eigenvalue weighted by atomic mass is 28.3. The Morgan fingerprint density at radius 3 is 2.15 bits per heavy atom. The van der Waals surface area contributed by atoms with E-state index in [1.165, 1.54) is 29.5 Å². The van der Waals surface area contributed by atoms with Gasteiger partial charge >= 0.3 is 0 Å². The van der Waals surface area contributed by atoms with Gasteiger partial charge in [-0.25, -0.2) is 0 Å². The molecule has 0 N–H and O–H groups in total. The van der Waals surface area contributed by atoms with E-state index in [1.807, 2.05) is 0 Å². The zero-order valence-corrected chi connectivity index (χ0v) is 13.6. The van der Waals surface area contributed by atoms with Gasteiger partial charge < -0.3 is 0 Å². The summed E-state index contributed by atoms with van der Waals surface area (Å²) in [6.07, 6.45) is 2.40. The van der Waals surface area contributed by atoms with Crippen molar-refractivity contribution in [3.05, 3.63) is 71.3 Å². The SMILES string of the molecule is C[Si](C)(C)/C(=C1\CCc2ccccc21)c1ccccc1. The molecule has 0 aromatic heterocycles. The summed E-state index contributed by atoms with van der Waals surface area (Å²) in [5.74, 6) is 0. The Morgan fingerprint density at radius 2 is 1.45 bits per heavy atom. The smallest absolute Gasteiger partial charge is 0.0656 e. The lowest BCUT2D eigenvalue weighted by atomic mass is 10.0. The number of hydrogen-bond donors (Lipinski definition) is 0. The van der Waals surface area contributed by atoms with Crippen LogP contribution in [0.1, 0.15) is 23.1 Å². The van der Waals surface area contributed by atoms with Crippen molar-refractivity contribution in [2.24, 2.45) is 0 Å². The van der Waals surface area contributed by atoms with Crippen LogP contribution in [0.3, 0.4) is 0 Å². The zero-order valence-electron chi connectivity index (χ0n) is 12.6. The lowest BCUT2D eigenvalue weighted by Crippen LogP contribution is -2.24. The van der Waals surface area contributed by atoms with Crippen LogP contribution in [0, 0.1) is 0 Å². The third kappa shape index (κ3) is 2.38. The van der Waals surface area contributed by atoms with Crippen LogP contribution in [-0.2, 0) is 6.42 Å². The van der Waals surface area contributed by atoms with Gasteiger partial charge in [-0.2, -0.15) is 0 Å². The van der Waals surface area contributed by atoms with Crippen molar-refractivity contribution in [2.45, 2.75) is 32.5 Å². The van der Waals surface area contributed by atoms with Gasteiger partial charge in [-0.05, 0) is 40.3 Å². The van der Waals surface area contributed by atoms with E-state index in [0.717, 1.165) is 0 Å². The van der Waals surface area contributed by atoms with E-state index in [4.69, 9.17) is 0 Å². The van der Waals surface area contributed by atoms with Crippen molar-refractivity contribution in [3.63, 3.8) is 0 Å². The van der Waals surface area contributed by atoms with Gasteiger partial charge in [-0.15, -0.1) is 0 Å². The summed E-state index contributed by atoms with van der Waals surface area (Å²) >= 11 is 0. The molecule has 0 atom stereocenters. The normalized spacial score (nSPS) is 16.9. The molecule has 102 valence electrons. The second kappa shape index (κ2) is 5.06. The first-order valence-electron chi connectivity index (χ1n) is 7.45. The third-order valence-corrected chi connectivity index (χ3v) is 6.19. The van der Waals surface area contributed by atoms with Gasteiger partial charge in [0.25, 0.3) is 0 Å². The maximum atomic E-state index is 2.46. The molecule has 0 unspecified atom stereocenters. The van der Waals surface area contributed by atoms with Crippen molar-refractivity contribution in [1.82, 2.24) is 0 Å². The van der Waals surface area contributed by atoms with Crippen molar-refractivity contribution in [1.29, 1.82) is 0 Å². The predicted octanol–water partition coefficient (Wildman–Crippen LogP) is 5.42. The number of rotatable bonds is 2. The molecular formula is C19H22Si. The molecule has 0 spiro atoms. The second-order valence-electron chi connectivity index (χ2n) is 6.63. The Morgan fingerprint density at radius 1 is 0.800 bits per heavy atom. The number of allylic oxidation sites excluding steroid dienone is 1. The van der Waals surface area contributed by atoms with E-state index in [2.05, 4.69) is 74.2 Å². The number of hydrogen-bond acceptors (Lipinski definition) is 0. The number of aryl methyl sites for hydroxylation is 1. The topological polar surface area (TPSA) is 0 Å².